The summed E-state index contributed by atoms with van der Waals surface area (Å²) in [5.41, 5.74) is 1.49. The van der Waals surface area contributed by atoms with Crippen molar-refractivity contribution >= 4 is 34.4 Å². The van der Waals surface area contributed by atoms with Gasteiger partial charge in [-0.25, -0.2) is 9.97 Å². The summed E-state index contributed by atoms with van der Waals surface area (Å²) in [6.45, 7) is 0. The molecule has 2 aromatic heterocycles. The van der Waals surface area contributed by atoms with E-state index in [1.165, 1.54) is 16.3 Å². The van der Waals surface area contributed by atoms with Gasteiger partial charge in [-0.2, -0.15) is 0 Å². The van der Waals surface area contributed by atoms with E-state index in [2.05, 4.69) is 15.0 Å². The van der Waals surface area contributed by atoms with Crippen LogP contribution in [0.4, 0.5) is 0 Å². The first-order chi connectivity index (χ1) is 9.13. The second-order valence-electron chi connectivity index (χ2n) is 3.95. The Morgan fingerprint density at radius 1 is 1.42 bits per heavy atom. The molecule has 0 bridgehead atoms. The van der Waals surface area contributed by atoms with Crippen molar-refractivity contribution in [3.05, 3.63) is 46.0 Å². The molecule has 0 spiro atoms. The van der Waals surface area contributed by atoms with Gasteiger partial charge in [0, 0.05) is 24.5 Å². The molecule has 0 aliphatic heterocycles. The van der Waals surface area contributed by atoms with Gasteiger partial charge in [-0.3, -0.25) is 4.79 Å². The van der Waals surface area contributed by atoms with Gasteiger partial charge in [-0.1, -0.05) is 11.6 Å². The van der Waals surface area contributed by atoms with Crippen molar-refractivity contribution in [2.24, 2.45) is 7.05 Å². The lowest BCUT2D eigenvalue weighted by molar-refractivity contribution is 0.793. The minimum Gasteiger partial charge on any atom is -0.333 e. The molecule has 0 saturated carbocycles. The Hall–Kier alpha value is -1.79. The van der Waals surface area contributed by atoms with Gasteiger partial charge in [0.25, 0.3) is 5.56 Å². The number of aromatic nitrogens is 4. The number of nitrogens with zero attached hydrogens (tertiary/aromatic N) is 3. The Bertz CT molecular complexity index is 811. The van der Waals surface area contributed by atoms with Crippen molar-refractivity contribution in [1.29, 1.82) is 0 Å². The highest BCUT2D eigenvalue weighted by molar-refractivity contribution is 7.99. The van der Waals surface area contributed by atoms with Crippen LogP contribution >= 0.6 is 23.4 Å². The lowest BCUT2D eigenvalue weighted by Gasteiger charge is -1.98. The number of aryl methyl sites for hydroxylation is 1. The lowest BCUT2D eigenvalue weighted by Crippen LogP contribution is -2.18. The molecule has 0 atom stereocenters. The fourth-order valence-electron chi connectivity index (χ4n) is 1.64. The van der Waals surface area contributed by atoms with Crippen LogP contribution in [0.5, 0.6) is 0 Å². The van der Waals surface area contributed by atoms with Gasteiger partial charge in [0.15, 0.2) is 10.2 Å². The zero-order valence-corrected chi connectivity index (χ0v) is 11.5. The van der Waals surface area contributed by atoms with Gasteiger partial charge < -0.3 is 9.55 Å². The Kier molecular flexibility index (Phi) is 3.04. The molecular formula is C12H9ClN4OS. The summed E-state index contributed by atoms with van der Waals surface area (Å²) in [4.78, 5) is 23.4. The molecule has 96 valence electrons. The number of rotatable bonds is 2. The molecule has 3 aromatic rings. The van der Waals surface area contributed by atoms with Crippen LogP contribution in [0.25, 0.3) is 11.0 Å². The van der Waals surface area contributed by atoms with E-state index >= 15 is 0 Å². The van der Waals surface area contributed by atoms with Crippen LogP contribution in [0.1, 0.15) is 0 Å². The van der Waals surface area contributed by atoms with Crippen LogP contribution in [0.2, 0.25) is 5.02 Å². The summed E-state index contributed by atoms with van der Waals surface area (Å²) < 4.78 is 1.48. The lowest BCUT2D eigenvalue weighted by atomic mass is 10.3. The number of H-pyrrole nitrogens is 1. The third-order valence-corrected chi connectivity index (χ3v) is 3.70. The van der Waals surface area contributed by atoms with Gasteiger partial charge in [0.05, 0.1) is 11.0 Å². The molecule has 7 heteroatoms. The van der Waals surface area contributed by atoms with Crippen LogP contribution in [0.15, 0.2) is 45.6 Å². The monoisotopic (exact) mass is 292 g/mol. The first-order valence-corrected chi connectivity index (χ1v) is 6.68. The number of aromatic amines is 1. The molecule has 1 N–H and O–H groups in total. The van der Waals surface area contributed by atoms with Crippen LogP contribution in [0.3, 0.4) is 0 Å². The van der Waals surface area contributed by atoms with E-state index in [-0.39, 0.29) is 5.56 Å². The van der Waals surface area contributed by atoms with E-state index in [1.54, 1.807) is 31.6 Å². The first kappa shape index (κ1) is 12.3. The van der Waals surface area contributed by atoms with Crippen molar-refractivity contribution in [3.8, 4) is 0 Å². The number of hydrogen-bond acceptors (Lipinski definition) is 4. The van der Waals surface area contributed by atoms with Crippen molar-refractivity contribution < 1.29 is 0 Å². The number of halogens is 1. The average Bonchev–Trinajstić information content (AvgIpc) is 2.76. The fourth-order valence-corrected chi connectivity index (χ4v) is 2.65. The zero-order valence-electron chi connectivity index (χ0n) is 9.92. The normalized spacial score (nSPS) is 11.1. The fraction of sp³-hybridized carbons (Fsp3) is 0.0833. The van der Waals surface area contributed by atoms with Crippen LogP contribution in [-0.4, -0.2) is 19.5 Å². The molecule has 5 nitrogen and oxygen atoms in total. The molecule has 0 saturated heterocycles. The Morgan fingerprint density at radius 2 is 2.26 bits per heavy atom. The average molecular weight is 293 g/mol. The van der Waals surface area contributed by atoms with Crippen LogP contribution in [-0.2, 0) is 7.05 Å². The maximum atomic E-state index is 11.9. The van der Waals surface area contributed by atoms with Gasteiger partial charge in [-0.05, 0) is 30.0 Å². The van der Waals surface area contributed by atoms with Gasteiger partial charge in [0.1, 0.15) is 0 Å². The SMILES string of the molecule is Cn1ccnc(Sc2nc3ccc(Cl)cc3[nH]2)c1=O. The maximum Gasteiger partial charge on any atom is 0.283 e. The van der Waals surface area contributed by atoms with E-state index in [1.807, 2.05) is 6.07 Å². The minimum absolute atomic E-state index is 0.147. The number of benzene rings is 1. The molecule has 3 rings (SSSR count). The summed E-state index contributed by atoms with van der Waals surface area (Å²) in [5.74, 6) is 0. The van der Waals surface area contributed by atoms with E-state index in [9.17, 15) is 4.79 Å². The highest BCUT2D eigenvalue weighted by Crippen LogP contribution is 2.24. The third kappa shape index (κ3) is 2.36. The van der Waals surface area contributed by atoms with E-state index in [0.717, 1.165) is 11.0 Å². The second kappa shape index (κ2) is 4.71. The molecular weight excluding hydrogens is 284 g/mol. The summed E-state index contributed by atoms with van der Waals surface area (Å²) in [7, 11) is 1.69. The number of imidazole rings is 1. The highest BCUT2D eigenvalue weighted by Gasteiger charge is 2.09. The minimum atomic E-state index is -0.147. The van der Waals surface area contributed by atoms with E-state index in [0.29, 0.717) is 15.2 Å². The zero-order chi connectivity index (χ0) is 13.4. The van der Waals surface area contributed by atoms with Gasteiger partial charge >= 0.3 is 0 Å². The summed E-state index contributed by atoms with van der Waals surface area (Å²) >= 11 is 7.12. The Labute approximate surface area is 117 Å². The van der Waals surface area contributed by atoms with Crippen molar-refractivity contribution in [2.75, 3.05) is 0 Å². The predicted octanol–water partition coefficient (Wildman–Crippen LogP) is 2.46. The summed E-state index contributed by atoms with van der Waals surface area (Å²) in [6, 6.07) is 5.40. The summed E-state index contributed by atoms with van der Waals surface area (Å²) in [5, 5.41) is 1.64. The van der Waals surface area contributed by atoms with Gasteiger partial charge in [0.2, 0.25) is 0 Å². The standard InChI is InChI=1S/C12H9ClN4OS/c1-17-5-4-14-10(11(17)18)19-12-15-8-3-2-7(13)6-9(8)16-12/h2-6H,1H3,(H,15,16). The number of hydrogen-bond donors (Lipinski definition) is 1. The predicted molar refractivity (Wildman–Crippen MR) is 74.7 cm³/mol. The van der Waals surface area contributed by atoms with Crippen molar-refractivity contribution in [2.45, 2.75) is 10.2 Å². The largest absolute Gasteiger partial charge is 0.333 e. The topological polar surface area (TPSA) is 63.6 Å². The molecule has 0 aliphatic rings. The molecule has 1 aromatic carbocycles. The number of fused-ring (bicyclic) bond motifs is 1. The quantitative estimate of drug-likeness (QED) is 0.788. The van der Waals surface area contributed by atoms with Gasteiger partial charge in [-0.15, -0.1) is 0 Å². The molecule has 19 heavy (non-hydrogen) atoms. The molecule has 0 aliphatic carbocycles. The van der Waals surface area contributed by atoms with Crippen LogP contribution < -0.4 is 5.56 Å². The highest BCUT2D eigenvalue weighted by atomic mass is 35.5. The molecule has 0 fully saturated rings. The van der Waals surface area contributed by atoms with Crippen molar-refractivity contribution in [1.82, 2.24) is 19.5 Å². The number of nitrogens with one attached hydrogen (secondary N) is 1. The Morgan fingerprint density at radius 3 is 3.11 bits per heavy atom. The van der Waals surface area contributed by atoms with Crippen molar-refractivity contribution in [3.63, 3.8) is 0 Å². The first-order valence-electron chi connectivity index (χ1n) is 5.48. The van der Waals surface area contributed by atoms with E-state index < -0.39 is 0 Å². The van der Waals surface area contributed by atoms with Crippen LogP contribution in [0, 0.1) is 0 Å². The summed E-state index contributed by atoms with van der Waals surface area (Å²) in [6.07, 6.45) is 3.20. The molecule has 0 unspecified atom stereocenters. The third-order valence-electron chi connectivity index (χ3n) is 2.60. The smallest absolute Gasteiger partial charge is 0.283 e. The molecule has 2 heterocycles. The maximum absolute atomic E-state index is 11.9. The molecule has 0 amide bonds. The second-order valence-corrected chi connectivity index (χ2v) is 5.37. The molecule has 0 radical (unpaired) electrons. The Balaban J connectivity index is 2.01. The van der Waals surface area contributed by atoms with E-state index in [4.69, 9.17) is 11.6 Å².